The van der Waals surface area contributed by atoms with Gasteiger partial charge in [-0.3, -0.25) is 0 Å². The van der Waals surface area contributed by atoms with E-state index in [9.17, 15) is 0 Å². The summed E-state index contributed by atoms with van der Waals surface area (Å²) >= 11 is 0. The van der Waals surface area contributed by atoms with Gasteiger partial charge in [0.1, 0.15) is 0 Å². The van der Waals surface area contributed by atoms with Gasteiger partial charge in [-0.2, -0.15) is 0 Å². The fourth-order valence-corrected chi connectivity index (χ4v) is 2.72. The van der Waals surface area contributed by atoms with Gasteiger partial charge in [0.15, 0.2) is 0 Å². The zero-order valence-electron chi connectivity index (χ0n) is 12.7. The van der Waals surface area contributed by atoms with Gasteiger partial charge in [-0.1, -0.05) is 78.7 Å². The van der Waals surface area contributed by atoms with Crippen LogP contribution < -0.4 is 0 Å². The van der Waals surface area contributed by atoms with Crippen molar-refractivity contribution in [3.05, 3.63) is 12.7 Å². The van der Waals surface area contributed by atoms with Crippen LogP contribution in [0, 0.1) is 17.8 Å². The highest BCUT2D eigenvalue weighted by atomic mass is 14.2. The van der Waals surface area contributed by atoms with Crippen LogP contribution in [-0.2, 0) is 0 Å². The molecule has 0 aliphatic rings. The smallest absolute Gasteiger partial charge is 0.0234 e. The second-order valence-corrected chi connectivity index (χ2v) is 5.91. The molecule has 2 unspecified atom stereocenters. The first kappa shape index (κ1) is 16.7. The lowest BCUT2D eigenvalue weighted by molar-refractivity contribution is 0.282. The van der Waals surface area contributed by atoms with E-state index in [0.29, 0.717) is 5.92 Å². The molecule has 0 aliphatic carbocycles. The van der Waals surface area contributed by atoms with Crippen LogP contribution in [0.25, 0.3) is 0 Å². The molecule has 17 heavy (non-hydrogen) atoms. The third-order valence-corrected chi connectivity index (χ3v) is 4.04. The largest absolute Gasteiger partial charge is 0.103 e. The lowest BCUT2D eigenvalue weighted by atomic mass is 9.81. The van der Waals surface area contributed by atoms with Gasteiger partial charge >= 0.3 is 0 Å². The number of hydrogen-bond acceptors (Lipinski definition) is 0. The molecule has 0 aromatic rings. The van der Waals surface area contributed by atoms with Crippen molar-refractivity contribution in [2.45, 2.75) is 79.1 Å². The maximum atomic E-state index is 3.94. The van der Waals surface area contributed by atoms with Gasteiger partial charge in [0.25, 0.3) is 0 Å². The summed E-state index contributed by atoms with van der Waals surface area (Å²) in [6, 6.07) is 0. The molecule has 0 saturated carbocycles. The van der Waals surface area contributed by atoms with Crippen molar-refractivity contribution >= 4 is 0 Å². The van der Waals surface area contributed by atoms with Crippen molar-refractivity contribution in [3.63, 3.8) is 0 Å². The Morgan fingerprint density at radius 2 is 1.41 bits per heavy atom. The fourth-order valence-electron chi connectivity index (χ4n) is 2.72. The maximum absolute atomic E-state index is 3.94. The van der Waals surface area contributed by atoms with E-state index in [4.69, 9.17) is 0 Å². The highest BCUT2D eigenvalue weighted by molar-refractivity contribution is 4.82. The number of unbranched alkanes of at least 4 members (excludes halogenated alkanes) is 6. The van der Waals surface area contributed by atoms with Gasteiger partial charge in [-0.05, 0) is 24.2 Å². The minimum Gasteiger partial charge on any atom is -0.103 e. The van der Waals surface area contributed by atoms with E-state index in [1.54, 1.807) is 0 Å². The Hall–Kier alpha value is -0.260. The van der Waals surface area contributed by atoms with Crippen LogP contribution in [0.2, 0.25) is 0 Å². The predicted molar refractivity (Wildman–Crippen MR) is 80.3 cm³/mol. The van der Waals surface area contributed by atoms with Crippen LogP contribution >= 0.6 is 0 Å². The Morgan fingerprint density at radius 3 is 1.88 bits per heavy atom. The van der Waals surface area contributed by atoms with E-state index in [-0.39, 0.29) is 0 Å². The molecule has 0 heteroatoms. The molecule has 0 aromatic carbocycles. The van der Waals surface area contributed by atoms with Crippen molar-refractivity contribution in [1.29, 1.82) is 0 Å². The lowest BCUT2D eigenvalue weighted by Crippen LogP contribution is -2.16. The summed E-state index contributed by atoms with van der Waals surface area (Å²) in [6.07, 6.45) is 13.4. The standard InChI is InChI=1S/C17H34/c1-6-8-9-10-11-12-13-14-17(15(3)4)16(5)7-2/h7,15-17H,2,6,8-14H2,1,3-5H3. The van der Waals surface area contributed by atoms with E-state index >= 15 is 0 Å². The number of hydrogen-bond donors (Lipinski definition) is 0. The van der Waals surface area contributed by atoms with Crippen LogP contribution in [0.5, 0.6) is 0 Å². The van der Waals surface area contributed by atoms with Gasteiger partial charge in [0, 0.05) is 0 Å². The van der Waals surface area contributed by atoms with Crippen molar-refractivity contribution in [3.8, 4) is 0 Å². The quantitative estimate of drug-likeness (QED) is 0.296. The van der Waals surface area contributed by atoms with Gasteiger partial charge in [-0.25, -0.2) is 0 Å². The molecule has 0 radical (unpaired) electrons. The topological polar surface area (TPSA) is 0 Å². The van der Waals surface area contributed by atoms with E-state index in [1.807, 2.05) is 0 Å². The van der Waals surface area contributed by atoms with Crippen LogP contribution in [0.15, 0.2) is 12.7 Å². The fraction of sp³-hybridized carbons (Fsp3) is 0.882. The lowest BCUT2D eigenvalue weighted by Gasteiger charge is -2.25. The number of rotatable bonds is 11. The molecule has 0 bridgehead atoms. The molecule has 0 aromatic heterocycles. The zero-order chi connectivity index (χ0) is 13.1. The highest BCUT2D eigenvalue weighted by Gasteiger charge is 2.17. The molecule has 0 rings (SSSR count). The summed E-state index contributed by atoms with van der Waals surface area (Å²) in [5.41, 5.74) is 0. The normalized spacial score (nSPS) is 14.9. The molecular weight excluding hydrogens is 204 g/mol. The molecule has 0 spiro atoms. The first-order chi connectivity index (χ1) is 8.13. The van der Waals surface area contributed by atoms with Gasteiger partial charge in [-0.15, -0.1) is 6.58 Å². The van der Waals surface area contributed by atoms with Gasteiger partial charge < -0.3 is 0 Å². The minimum atomic E-state index is 0.676. The van der Waals surface area contributed by atoms with Crippen LogP contribution in [0.3, 0.4) is 0 Å². The molecule has 0 N–H and O–H groups in total. The Bertz CT molecular complexity index is 169. The minimum absolute atomic E-state index is 0.676. The molecule has 0 nitrogen and oxygen atoms in total. The predicted octanol–water partition coefficient (Wildman–Crippen LogP) is 6.22. The summed E-state index contributed by atoms with van der Waals surface area (Å²) in [6.45, 7) is 13.2. The SMILES string of the molecule is C=CC(C)C(CCCCCCCCC)C(C)C. The second kappa shape index (κ2) is 10.9. The van der Waals surface area contributed by atoms with Crippen molar-refractivity contribution in [1.82, 2.24) is 0 Å². The molecular formula is C17H34. The average molecular weight is 238 g/mol. The van der Waals surface area contributed by atoms with Crippen LogP contribution in [-0.4, -0.2) is 0 Å². The van der Waals surface area contributed by atoms with Crippen molar-refractivity contribution in [2.75, 3.05) is 0 Å². The average Bonchev–Trinajstić information content (AvgIpc) is 2.31. The van der Waals surface area contributed by atoms with E-state index in [0.717, 1.165) is 11.8 Å². The third kappa shape index (κ3) is 8.46. The molecule has 0 saturated heterocycles. The Morgan fingerprint density at radius 1 is 0.882 bits per heavy atom. The Labute approximate surface area is 110 Å². The van der Waals surface area contributed by atoms with E-state index < -0.39 is 0 Å². The third-order valence-electron chi connectivity index (χ3n) is 4.04. The van der Waals surface area contributed by atoms with Crippen molar-refractivity contribution in [2.24, 2.45) is 17.8 Å². The van der Waals surface area contributed by atoms with E-state index in [1.165, 1.54) is 51.4 Å². The summed E-state index contributed by atoms with van der Waals surface area (Å²) in [5.74, 6) is 2.31. The number of allylic oxidation sites excluding steroid dienone is 1. The molecule has 2 atom stereocenters. The molecule has 0 aliphatic heterocycles. The van der Waals surface area contributed by atoms with Crippen molar-refractivity contribution < 1.29 is 0 Å². The van der Waals surface area contributed by atoms with E-state index in [2.05, 4.69) is 40.3 Å². The Kier molecular flexibility index (Phi) is 10.7. The van der Waals surface area contributed by atoms with Gasteiger partial charge in [0.05, 0.1) is 0 Å². The first-order valence-corrected chi connectivity index (χ1v) is 7.76. The maximum Gasteiger partial charge on any atom is -0.0234 e. The monoisotopic (exact) mass is 238 g/mol. The van der Waals surface area contributed by atoms with Crippen LogP contribution in [0.1, 0.15) is 79.1 Å². The first-order valence-electron chi connectivity index (χ1n) is 7.76. The summed E-state index contributed by atoms with van der Waals surface area (Å²) in [7, 11) is 0. The molecule has 0 amide bonds. The second-order valence-electron chi connectivity index (χ2n) is 5.91. The zero-order valence-corrected chi connectivity index (χ0v) is 12.7. The summed E-state index contributed by atoms with van der Waals surface area (Å²) in [5, 5.41) is 0. The molecule has 0 heterocycles. The van der Waals surface area contributed by atoms with Crippen LogP contribution in [0.4, 0.5) is 0 Å². The van der Waals surface area contributed by atoms with Gasteiger partial charge in [0.2, 0.25) is 0 Å². The molecule has 102 valence electrons. The Balaban J connectivity index is 3.58. The summed E-state index contributed by atoms with van der Waals surface area (Å²) in [4.78, 5) is 0. The highest BCUT2D eigenvalue weighted by Crippen LogP contribution is 2.27. The molecule has 0 fully saturated rings. The summed E-state index contributed by atoms with van der Waals surface area (Å²) < 4.78 is 0.